The molecule has 0 radical (unpaired) electrons. The molecule has 1 N–H and O–H groups in total. The van der Waals surface area contributed by atoms with Crippen LogP contribution in [0.2, 0.25) is 0 Å². The number of fused-ring (bicyclic) bond motifs is 1. The summed E-state index contributed by atoms with van der Waals surface area (Å²) in [6.45, 7) is 1.16. The minimum Gasteiger partial charge on any atom is -0.497 e. The van der Waals surface area contributed by atoms with Gasteiger partial charge < -0.3 is 19.3 Å². The molecule has 1 amide bonds. The molecule has 0 saturated carbocycles. The fourth-order valence-electron chi connectivity index (χ4n) is 3.03. The van der Waals surface area contributed by atoms with Crippen molar-refractivity contribution in [2.24, 2.45) is 0 Å². The Kier molecular flexibility index (Phi) is 6.06. The van der Waals surface area contributed by atoms with Gasteiger partial charge in [0.05, 0.1) is 12.5 Å². The number of rotatable bonds is 8. The lowest BCUT2D eigenvalue weighted by Gasteiger charge is -2.04. The number of benzene rings is 2. The summed E-state index contributed by atoms with van der Waals surface area (Å²) in [5, 5.41) is 10.6. The molecule has 4 rings (SSSR count). The van der Waals surface area contributed by atoms with Crippen molar-refractivity contribution in [1.82, 2.24) is 15.5 Å². The lowest BCUT2D eigenvalue weighted by molar-refractivity contribution is 0.0948. The SMILES string of the molecule is COCCCNC(=O)c1ccc2onc(-c3csc(-c4ccc(OC)cc4)n3)c2c1. The number of aromatic nitrogens is 2. The van der Waals surface area contributed by atoms with Crippen molar-refractivity contribution >= 4 is 28.2 Å². The van der Waals surface area contributed by atoms with Crippen LogP contribution in [0.3, 0.4) is 0 Å². The Bertz CT molecular complexity index is 1150. The van der Waals surface area contributed by atoms with E-state index in [9.17, 15) is 4.79 Å². The number of ether oxygens (including phenoxy) is 2. The number of carbonyl (C=O) groups excluding carboxylic acids is 1. The zero-order valence-corrected chi connectivity index (χ0v) is 17.5. The highest BCUT2D eigenvalue weighted by atomic mass is 32.1. The molecule has 0 aliphatic rings. The van der Waals surface area contributed by atoms with Gasteiger partial charge >= 0.3 is 0 Å². The van der Waals surface area contributed by atoms with Gasteiger partial charge in [-0.2, -0.15) is 0 Å². The van der Waals surface area contributed by atoms with E-state index in [0.717, 1.165) is 28.1 Å². The van der Waals surface area contributed by atoms with E-state index in [-0.39, 0.29) is 5.91 Å². The van der Waals surface area contributed by atoms with Crippen LogP contribution in [-0.2, 0) is 4.74 Å². The molecule has 2 heterocycles. The van der Waals surface area contributed by atoms with E-state index in [1.54, 1.807) is 32.4 Å². The maximum atomic E-state index is 12.4. The van der Waals surface area contributed by atoms with Crippen molar-refractivity contribution in [2.75, 3.05) is 27.4 Å². The van der Waals surface area contributed by atoms with Crippen molar-refractivity contribution in [3.05, 3.63) is 53.4 Å². The number of thiazole rings is 1. The third kappa shape index (κ3) is 4.19. The molecule has 8 heteroatoms. The molecule has 2 aromatic heterocycles. The molecule has 0 aliphatic carbocycles. The summed E-state index contributed by atoms with van der Waals surface area (Å²) in [5.41, 5.74) is 3.49. The Morgan fingerprint density at radius 2 is 2.00 bits per heavy atom. The second kappa shape index (κ2) is 9.06. The van der Waals surface area contributed by atoms with Crippen molar-refractivity contribution in [1.29, 1.82) is 0 Å². The predicted octanol–water partition coefficient (Wildman–Crippen LogP) is 4.39. The Morgan fingerprint density at radius 3 is 2.77 bits per heavy atom. The highest BCUT2D eigenvalue weighted by molar-refractivity contribution is 7.13. The second-order valence-corrected chi connectivity index (χ2v) is 7.47. The number of hydrogen-bond acceptors (Lipinski definition) is 7. The highest BCUT2D eigenvalue weighted by Crippen LogP contribution is 2.33. The van der Waals surface area contributed by atoms with E-state index in [2.05, 4.69) is 10.5 Å². The average Bonchev–Trinajstić information content (AvgIpc) is 3.43. The number of nitrogens with zero attached hydrogens (tertiary/aromatic N) is 2. The largest absolute Gasteiger partial charge is 0.497 e. The number of amides is 1. The Hall–Kier alpha value is -3.23. The third-order valence-electron chi connectivity index (χ3n) is 4.63. The molecule has 0 unspecified atom stereocenters. The summed E-state index contributed by atoms with van der Waals surface area (Å²) in [7, 11) is 3.28. The van der Waals surface area contributed by atoms with Gasteiger partial charge in [0.1, 0.15) is 22.1 Å². The Morgan fingerprint density at radius 1 is 1.17 bits per heavy atom. The minimum atomic E-state index is -0.141. The fraction of sp³-hybridized carbons (Fsp3) is 0.227. The first-order chi connectivity index (χ1) is 14.7. The molecule has 0 fully saturated rings. The van der Waals surface area contributed by atoms with Crippen LogP contribution in [0.4, 0.5) is 0 Å². The molecular formula is C22H21N3O4S. The zero-order chi connectivity index (χ0) is 20.9. The Labute approximate surface area is 177 Å². The van der Waals surface area contributed by atoms with Gasteiger partial charge in [-0.05, 0) is 48.9 Å². The fourth-order valence-corrected chi connectivity index (χ4v) is 3.84. The summed E-state index contributed by atoms with van der Waals surface area (Å²) in [5.74, 6) is 0.656. The molecule has 4 aromatic rings. The normalized spacial score (nSPS) is 11.0. The summed E-state index contributed by atoms with van der Waals surface area (Å²) in [6.07, 6.45) is 0.760. The standard InChI is InChI=1S/C22H21N3O4S/c1-27-11-3-10-23-21(26)15-6-9-19-17(12-15)20(25-29-19)18-13-30-22(24-18)14-4-7-16(28-2)8-5-14/h4-9,12-13H,3,10-11H2,1-2H3,(H,23,26). The van der Waals surface area contributed by atoms with Crippen LogP contribution in [0.15, 0.2) is 52.4 Å². The van der Waals surface area contributed by atoms with Gasteiger partial charge in [0.15, 0.2) is 5.58 Å². The van der Waals surface area contributed by atoms with Crippen LogP contribution in [-0.4, -0.2) is 43.4 Å². The first kappa shape index (κ1) is 20.1. The van der Waals surface area contributed by atoms with Crippen molar-refractivity contribution in [2.45, 2.75) is 6.42 Å². The smallest absolute Gasteiger partial charge is 0.251 e. The van der Waals surface area contributed by atoms with Crippen molar-refractivity contribution in [3.8, 4) is 27.7 Å². The van der Waals surface area contributed by atoms with Gasteiger partial charge in [0.2, 0.25) is 0 Å². The zero-order valence-electron chi connectivity index (χ0n) is 16.7. The molecule has 7 nitrogen and oxygen atoms in total. The predicted molar refractivity (Wildman–Crippen MR) is 116 cm³/mol. The Balaban J connectivity index is 1.58. The topological polar surface area (TPSA) is 86.5 Å². The number of methoxy groups -OCH3 is 2. The van der Waals surface area contributed by atoms with Gasteiger partial charge in [0, 0.05) is 36.8 Å². The quantitative estimate of drug-likeness (QED) is 0.423. The second-order valence-electron chi connectivity index (χ2n) is 6.61. The van der Waals surface area contributed by atoms with Crippen LogP contribution >= 0.6 is 11.3 Å². The van der Waals surface area contributed by atoms with Crippen LogP contribution < -0.4 is 10.1 Å². The van der Waals surface area contributed by atoms with Gasteiger partial charge in [-0.25, -0.2) is 4.98 Å². The number of carbonyl (C=O) groups is 1. The molecule has 0 aliphatic heterocycles. The lowest BCUT2D eigenvalue weighted by Crippen LogP contribution is -2.25. The van der Waals surface area contributed by atoms with E-state index < -0.39 is 0 Å². The summed E-state index contributed by atoms with van der Waals surface area (Å²) in [6, 6.07) is 13.0. The van der Waals surface area contributed by atoms with E-state index in [4.69, 9.17) is 19.0 Å². The molecule has 0 saturated heterocycles. The van der Waals surface area contributed by atoms with E-state index >= 15 is 0 Å². The third-order valence-corrected chi connectivity index (χ3v) is 5.52. The van der Waals surface area contributed by atoms with Gasteiger partial charge in [-0.1, -0.05) is 5.16 Å². The lowest BCUT2D eigenvalue weighted by atomic mass is 10.1. The summed E-state index contributed by atoms with van der Waals surface area (Å²) >= 11 is 1.52. The van der Waals surface area contributed by atoms with Gasteiger partial charge in [0.25, 0.3) is 5.91 Å². The van der Waals surface area contributed by atoms with Gasteiger partial charge in [-0.15, -0.1) is 11.3 Å². The van der Waals surface area contributed by atoms with Crippen molar-refractivity contribution < 1.29 is 18.8 Å². The summed E-state index contributed by atoms with van der Waals surface area (Å²) in [4.78, 5) is 17.1. The maximum Gasteiger partial charge on any atom is 0.251 e. The minimum absolute atomic E-state index is 0.141. The van der Waals surface area contributed by atoms with Crippen LogP contribution in [0.25, 0.3) is 32.9 Å². The highest BCUT2D eigenvalue weighted by Gasteiger charge is 2.16. The van der Waals surface area contributed by atoms with E-state index in [0.29, 0.717) is 35.7 Å². The van der Waals surface area contributed by atoms with Crippen LogP contribution in [0.5, 0.6) is 5.75 Å². The number of hydrogen-bond donors (Lipinski definition) is 1. The van der Waals surface area contributed by atoms with Crippen LogP contribution in [0, 0.1) is 0 Å². The molecule has 0 atom stereocenters. The number of nitrogens with one attached hydrogen (secondary N) is 1. The average molecular weight is 423 g/mol. The molecule has 2 aromatic carbocycles. The first-order valence-corrected chi connectivity index (χ1v) is 10.3. The van der Waals surface area contributed by atoms with Crippen molar-refractivity contribution in [3.63, 3.8) is 0 Å². The summed E-state index contributed by atoms with van der Waals surface area (Å²) < 4.78 is 15.7. The van der Waals surface area contributed by atoms with Crippen LogP contribution in [0.1, 0.15) is 16.8 Å². The monoisotopic (exact) mass is 423 g/mol. The van der Waals surface area contributed by atoms with E-state index in [1.165, 1.54) is 11.3 Å². The molecule has 0 bridgehead atoms. The molecule has 30 heavy (non-hydrogen) atoms. The maximum absolute atomic E-state index is 12.4. The van der Waals surface area contributed by atoms with E-state index in [1.807, 2.05) is 29.6 Å². The first-order valence-electron chi connectivity index (χ1n) is 9.46. The van der Waals surface area contributed by atoms with Gasteiger partial charge in [-0.3, -0.25) is 4.79 Å². The molecule has 0 spiro atoms. The molecular weight excluding hydrogens is 402 g/mol. The molecule has 154 valence electrons.